The van der Waals surface area contributed by atoms with E-state index in [2.05, 4.69) is 43.0 Å². The van der Waals surface area contributed by atoms with Crippen LogP contribution in [0.25, 0.3) is 0 Å². The first kappa shape index (κ1) is 13.3. The van der Waals surface area contributed by atoms with Gasteiger partial charge in [0.25, 0.3) is 0 Å². The highest BCUT2D eigenvalue weighted by Crippen LogP contribution is 2.45. The van der Waals surface area contributed by atoms with Crippen molar-refractivity contribution in [2.24, 2.45) is 5.41 Å². The van der Waals surface area contributed by atoms with Gasteiger partial charge in [-0.05, 0) is 29.4 Å². The molecule has 0 amide bonds. The van der Waals surface area contributed by atoms with Gasteiger partial charge in [0.1, 0.15) is 0 Å². The molecule has 1 N–H and O–H groups in total. The van der Waals surface area contributed by atoms with Gasteiger partial charge >= 0.3 is 0 Å². The highest BCUT2D eigenvalue weighted by molar-refractivity contribution is 7.15. The first-order chi connectivity index (χ1) is 10.0. The molecule has 1 aliphatic carbocycles. The van der Waals surface area contributed by atoms with E-state index in [0.717, 1.165) is 41.6 Å². The first-order valence-electron chi connectivity index (χ1n) is 7.51. The summed E-state index contributed by atoms with van der Waals surface area (Å²) >= 11 is 1.68. The third-order valence-electron chi connectivity index (χ3n) is 4.52. The molecule has 0 saturated carbocycles. The Morgan fingerprint density at radius 1 is 1.24 bits per heavy atom. The Bertz CT molecular complexity index is 667. The zero-order chi connectivity index (χ0) is 14.6. The summed E-state index contributed by atoms with van der Waals surface area (Å²) in [5.41, 5.74) is 4.04. The average Bonchev–Trinajstić information content (AvgIpc) is 2.99. The van der Waals surface area contributed by atoms with Gasteiger partial charge in [0.15, 0.2) is 5.13 Å². The molecular formula is C17H20N2OS. The van der Waals surface area contributed by atoms with Crippen molar-refractivity contribution in [2.75, 3.05) is 4.90 Å². The van der Waals surface area contributed by atoms with E-state index in [9.17, 15) is 5.11 Å². The second-order valence-corrected chi connectivity index (χ2v) is 8.00. The Labute approximate surface area is 129 Å². The van der Waals surface area contributed by atoms with Gasteiger partial charge < -0.3 is 10.0 Å². The number of nitrogens with zero attached hydrogens (tertiary/aromatic N) is 2. The van der Waals surface area contributed by atoms with Crippen molar-refractivity contribution >= 4 is 16.5 Å². The summed E-state index contributed by atoms with van der Waals surface area (Å²) in [6.07, 6.45) is 1.46. The number of rotatable bonds is 1. The maximum atomic E-state index is 10.4. The average molecular weight is 300 g/mol. The van der Waals surface area contributed by atoms with Crippen molar-refractivity contribution in [1.29, 1.82) is 0 Å². The molecule has 110 valence electrons. The van der Waals surface area contributed by atoms with Crippen molar-refractivity contribution in [1.82, 2.24) is 4.98 Å². The summed E-state index contributed by atoms with van der Waals surface area (Å²) in [6.45, 7) is 6.29. The lowest BCUT2D eigenvalue weighted by Crippen LogP contribution is -2.24. The molecular weight excluding hydrogens is 280 g/mol. The van der Waals surface area contributed by atoms with E-state index < -0.39 is 0 Å². The molecule has 4 heteroatoms. The second-order valence-electron chi connectivity index (χ2n) is 6.99. The largest absolute Gasteiger partial charge is 0.387 e. The summed E-state index contributed by atoms with van der Waals surface area (Å²) < 4.78 is 0. The molecule has 0 spiro atoms. The number of aliphatic hydroxyl groups is 1. The van der Waals surface area contributed by atoms with Gasteiger partial charge in [-0.2, -0.15) is 0 Å². The molecule has 3 nitrogen and oxygen atoms in total. The molecule has 0 saturated heterocycles. The topological polar surface area (TPSA) is 36.4 Å². The van der Waals surface area contributed by atoms with E-state index >= 15 is 0 Å². The molecule has 4 rings (SSSR count). The number of fused-ring (bicyclic) bond motifs is 2. The first-order valence-corrected chi connectivity index (χ1v) is 8.33. The van der Waals surface area contributed by atoms with Crippen molar-refractivity contribution in [3.05, 3.63) is 46.0 Å². The normalized spacial score (nSPS) is 23.0. The third-order valence-corrected chi connectivity index (χ3v) is 5.78. The molecule has 2 heterocycles. The van der Waals surface area contributed by atoms with Crippen LogP contribution in [0.4, 0.5) is 5.13 Å². The Balaban J connectivity index is 1.65. The fraction of sp³-hybridized carbons (Fsp3) is 0.471. The van der Waals surface area contributed by atoms with Crippen molar-refractivity contribution < 1.29 is 5.11 Å². The molecule has 1 aromatic heterocycles. The summed E-state index contributed by atoms with van der Waals surface area (Å²) in [5.74, 6) is 0. The van der Waals surface area contributed by atoms with E-state index in [1.54, 1.807) is 11.3 Å². The van der Waals surface area contributed by atoms with Crippen molar-refractivity contribution in [3.63, 3.8) is 0 Å². The Morgan fingerprint density at radius 3 is 2.57 bits per heavy atom. The van der Waals surface area contributed by atoms with Gasteiger partial charge in [-0.25, -0.2) is 4.98 Å². The molecule has 0 bridgehead atoms. The van der Waals surface area contributed by atoms with Crippen LogP contribution in [-0.2, 0) is 19.5 Å². The van der Waals surface area contributed by atoms with E-state index in [1.165, 1.54) is 11.1 Å². The number of hydrogen-bond donors (Lipinski definition) is 1. The van der Waals surface area contributed by atoms with E-state index in [0.29, 0.717) is 0 Å². The summed E-state index contributed by atoms with van der Waals surface area (Å²) in [6, 6.07) is 8.59. The van der Waals surface area contributed by atoms with Crippen LogP contribution in [-0.4, -0.2) is 10.1 Å². The Kier molecular flexibility index (Phi) is 2.88. The molecule has 1 atom stereocenters. The van der Waals surface area contributed by atoms with Crippen LogP contribution in [0.3, 0.4) is 0 Å². The number of anilines is 1. The Hall–Kier alpha value is -1.39. The minimum atomic E-state index is -0.347. The summed E-state index contributed by atoms with van der Waals surface area (Å²) in [4.78, 5) is 8.26. The maximum absolute atomic E-state index is 10.4. The van der Waals surface area contributed by atoms with E-state index in [4.69, 9.17) is 4.98 Å². The zero-order valence-electron chi connectivity index (χ0n) is 12.5. The fourth-order valence-electron chi connectivity index (χ4n) is 3.48. The van der Waals surface area contributed by atoms with Gasteiger partial charge in [-0.15, -0.1) is 0 Å². The lowest BCUT2D eigenvalue weighted by Gasteiger charge is -2.31. The molecule has 1 aromatic carbocycles. The number of aliphatic hydroxyl groups excluding tert-OH is 1. The SMILES string of the molecule is CC1(C)Cc2nc(N3Cc4ccccc4C3)sc2C(O)C1. The highest BCUT2D eigenvalue weighted by atomic mass is 32.1. The van der Waals surface area contributed by atoms with Gasteiger partial charge in [-0.3, -0.25) is 0 Å². The van der Waals surface area contributed by atoms with Crippen LogP contribution in [0.15, 0.2) is 24.3 Å². The quantitative estimate of drug-likeness (QED) is 0.873. The van der Waals surface area contributed by atoms with Crippen LogP contribution in [0.5, 0.6) is 0 Å². The zero-order valence-corrected chi connectivity index (χ0v) is 13.3. The van der Waals surface area contributed by atoms with Crippen LogP contribution >= 0.6 is 11.3 Å². The number of hydrogen-bond acceptors (Lipinski definition) is 4. The second kappa shape index (κ2) is 4.55. The lowest BCUT2D eigenvalue weighted by molar-refractivity contribution is 0.102. The molecule has 21 heavy (non-hydrogen) atoms. The molecule has 0 radical (unpaired) electrons. The van der Waals surface area contributed by atoms with Crippen LogP contribution < -0.4 is 4.90 Å². The highest BCUT2D eigenvalue weighted by Gasteiger charge is 2.35. The van der Waals surface area contributed by atoms with Crippen molar-refractivity contribution in [3.8, 4) is 0 Å². The standard InChI is InChI=1S/C17H20N2OS/c1-17(2)7-13-15(14(20)8-17)21-16(18-13)19-9-11-5-3-4-6-12(11)10-19/h3-6,14,20H,7-10H2,1-2H3. The van der Waals surface area contributed by atoms with Crippen LogP contribution in [0, 0.1) is 5.41 Å². The number of thiazole rings is 1. The smallest absolute Gasteiger partial charge is 0.186 e. The number of aromatic nitrogens is 1. The molecule has 0 fully saturated rings. The maximum Gasteiger partial charge on any atom is 0.186 e. The molecule has 2 aromatic rings. The molecule has 2 aliphatic rings. The van der Waals surface area contributed by atoms with E-state index in [-0.39, 0.29) is 11.5 Å². The monoisotopic (exact) mass is 300 g/mol. The van der Waals surface area contributed by atoms with Gasteiger partial charge in [0, 0.05) is 13.1 Å². The number of benzene rings is 1. The van der Waals surface area contributed by atoms with Crippen LogP contribution in [0.2, 0.25) is 0 Å². The Morgan fingerprint density at radius 2 is 1.90 bits per heavy atom. The third kappa shape index (κ3) is 2.27. The predicted molar refractivity (Wildman–Crippen MR) is 85.5 cm³/mol. The van der Waals surface area contributed by atoms with Crippen LogP contribution in [0.1, 0.15) is 48.1 Å². The minimum absolute atomic E-state index is 0.145. The van der Waals surface area contributed by atoms with Crippen molar-refractivity contribution in [2.45, 2.75) is 45.9 Å². The van der Waals surface area contributed by atoms with Gasteiger partial charge in [0.05, 0.1) is 16.7 Å². The van der Waals surface area contributed by atoms with Gasteiger partial charge in [0.2, 0.25) is 0 Å². The fourth-order valence-corrected chi connectivity index (χ4v) is 4.55. The summed E-state index contributed by atoms with van der Waals surface area (Å²) in [7, 11) is 0. The van der Waals surface area contributed by atoms with E-state index in [1.807, 2.05) is 0 Å². The molecule has 1 unspecified atom stereocenters. The predicted octanol–water partition coefficient (Wildman–Crippen LogP) is 3.67. The minimum Gasteiger partial charge on any atom is -0.387 e. The molecule has 1 aliphatic heterocycles. The lowest BCUT2D eigenvalue weighted by atomic mass is 9.77. The summed E-state index contributed by atoms with van der Waals surface area (Å²) in [5, 5.41) is 11.4. The van der Waals surface area contributed by atoms with Gasteiger partial charge in [-0.1, -0.05) is 49.4 Å².